The third-order valence-electron chi connectivity index (χ3n) is 4.02. The van der Waals surface area contributed by atoms with E-state index in [2.05, 4.69) is 79.7 Å². The Morgan fingerprint density at radius 2 is 1.86 bits per heavy atom. The number of aromatic nitrogens is 3. The van der Waals surface area contributed by atoms with Crippen molar-refractivity contribution in [1.82, 2.24) is 14.8 Å². The molecular formula is C17H25N3S. The lowest BCUT2D eigenvalue weighted by Gasteiger charge is -2.29. The van der Waals surface area contributed by atoms with Crippen LogP contribution in [-0.2, 0) is 5.54 Å². The van der Waals surface area contributed by atoms with Crippen molar-refractivity contribution < 1.29 is 0 Å². The van der Waals surface area contributed by atoms with Crippen molar-refractivity contribution in [1.29, 1.82) is 0 Å². The van der Waals surface area contributed by atoms with Gasteiger partial charge in [0.25, 0.3) is 0 Å². The number of aromatic amines is 1. The highest BCUT2D eigenvalue weighted by Gasteiger charge is 2.29. The fraction of sp³-hybridized carbons (Fsp3) is 0.529. The van der Waals surface area contributed by atoms with Crippen molar-refractivity contribution in [3.8, 4) is 0 Å². The summed E-state index contributed by atoms with van der Waals surface area (Å²) in [7, 11) is 0. The van der Waals surface area contributed by atoms with Gasteiger partial charge in [-0.05, 0) is 44.5 Å². The van der Waals surface area contributed by atoms with E-state index in [0.717, 1.165) is 12.2 Å². The minimum atomic E-state index is -0.0834. The highest BCUT2D eigenvalue weighted by molar-refractivity contribution is 7.71. The SMILES string of the molecule is CCC(C)C(c1ccccc1)c1n[nH]c(=S)n1C(C)(C)C. The van der Waals surface area contributed by atoms with Crippen LogP contribution in [0.15, 0.2) is 30.3 Å². The molecule has 0 aliphatic rings. The second kappa shape index (κ2) is 6.14. The van der Waals surface area contributed by atoms with Crippen LogP contribution in [0.2, 0.25) is 0 Å². The predicted molar refractivity (Wildman–Crippen MR) is 90.1 cm³/mol. The van der Waals surface area contributed by atoms with Crippen LogP contribution in [-0.4, -0.2) is 14.8 Å². The second-order valence-electron chi connectivity index (χ2n) is 6.67. The van der Waals surface area contributed by atoms with Gasteiger partial charge in [0.1, 0.15) is 5.82 Å². The number of hydrogen-bond acceptors (Lipinski definition) is 2. The fourth-order valence-electron chi connectivity index (χ4n) is 2.79. The monoisotopic (exact) mass is 303 g/mol. The first-order chi connectivity index (χ1) is 9.86. The Morgan fingerprint density at radius 1 is 1.24 bits per heavy atom. The van der Waals surface area contributed by atoms with E-state index in [1.807, 2.05) is 0 Å². The van der Waals surface area contributed by atoms with E-state index in [9.17, 15) is 0 Å². The molecular weight excluding hydrogens is 278 g/mol. The Bertz CT molecular complexity index is 634. The first kappa shape index (κ1) is 16.0. The summed E-state index contributed by atoms with van der Waals surface area (Å²) in [5.41, 5.74) is 1.21. The summed E-state index contributed by atoms with van der Waals surface area (Å²) < 4.78 is 2.85. The van der Waals surface area contributed by atoms with Crippen molar-refractivity contribution >= 4 is 12.2 Å². The van der Waals surface area contributed by atoms with Gasteiger partial charge in [-0.2, -0.15) is 5.10 Å². The summed E-state index contributed by atoms with van der Waals surface area (Å²) >= 11 is 5.46. The molecule has 2 atom stereocenters. The molecule has 2 unspecified atom stereocenters. The van der Waals surface area contributed by atoms with Gasteiger partial charge in [-0.3, -0.25) is 9.67 Å². The highest BCUT2D eigenvalue weighted by atomic mass is 32.1. The highest BCUT2D eigenvalue weighted by Crippen LogP contribution is 2.34. The Balaban J connectivity index is 2.62. The van der Waals surface area contributed by atoms with E-state index in [4.69, 9.17) is 12.2 Å². The molecule has 0 fully saturated rings. The lowest BCUT2D eigenvalue weighted by molar-refractivity contribution is 0.354. The van der Waals surface area contributed by atoms with Crippen LogP contribution in [0.1, 0.15) is 58.3 Å². The van der Waals surface area contributed by atoms with Crippen LogP contribution >= 0.6 is 12.2 Å². The zero-order chi connectivity index (χ0) is 15.6. The Hall–Kier alpha value is -1.42. The molecule has 0 bridgehead atoms. The smallest absolute Gasteiger partial charge is 0.195 e. The molecule has 1 N–H and O–H groups in total. The molecule has 0 radical (unpaired) electrons. The van der Waals surface area contributed by atoms with Gasteiger partial charge >= 0.3 is 0 Å². The van der Waals surface area contributed by atoms with Gasteiger partial charge in [0, 0.05) is 11.5 Å². The first-order valence-corrected chi connectivity index (χ1v) is 7.99. The number of rotatable bonds is 4. The molecule has 1 aromatic heterocycles. The van der Waals surface area contributed by atoms with Crippen LogP contribution in [0.25, 0.3) is 0 Å². The molecule has 21 heavy (non-hydrogen) atoms. The average Bonchev–Trinajstić information content (AvgIpc) is 2.81. The number of nitrogens with zero attached hydrogens (tertiary/aromatic N) is 2. The standard InChI is InChI=1S/C17H25N3S/c1-6-12(2)14(13-10-8-7-9-11-13)15-18-19-16(21)20(15)17(3,4)5/h7-12,14H,6H2,1-5H3,(H,19,21). The maximum absolute atomic E-state index is 5.46. The number of nitrogens with one attached hydrogen (secondary N) is 1. The fourth-order valence-corrected chi connectivity index (χ4v) is 3.21. The van der Waals surface area contributed by atoms with Gasteiger partial charge in [0.05, 0.1) is 0 Å². The molecule has 2 aromatic rings. The summed E-state index contributed by atoms with van der Waals surface area (Å²) in [4.78, 5) is 0. The maximum Gasteiger partial charge on any atom is 0.195 e. The van der Waals surface area contributed by atoms with Gasteiger partial charge in [-0.15, -0.1) is 0 Å². The number of H-pyrrole nitrogens is 1. The lowest BCUT2D eigenvalue weighted by Crippen LogP contribution is -2.27. The summed E-state index contributed by atoms with van der Waals surface area (Å²) in [6, 6.07) is 10.6. The Labute approximate surface area is 132 Å². The van der Waals surface area contributed by atoms with E-state index in [-0.39, 0.29) is 11.5 Å². The molecule has 0 aliphatic heterocycles. The average molecular weight is 303 g/mol. The molecule has 114 valence electrons. The van der Waals surface area contributed by atoms with Crippen LogP contribution in [0.3, 0.4) is 0 Å². The number of benzene rings is 1. The molecule has 2 rings (SSSR count). The topological polar surface area (TPSA) is 33.6 Å². The van der Waals surface area contributed by atoms with Crippen molar-refractivity contribution in [2.24, 2.45) is 5.92 Å². The van der Waals surface area contributed by atoms with Crippen LogP contribution in [0.4, 0.5) is 0 Å². The molecule has 3 nitrogen and oxygen atoms in total. The first-order valence-electron chi connectivity index (χ1n) is 7.59. The predicted octanol–water partition coefficient (Wildman–Crippen LogP) is 4.87. The van der Waals surface area contributed by atoms with E-state index < -0.39 is 0 Å². The van der Waals surface area contributed by atoms with Crippen molar-refractivity contribution in [2.45, 2.75) is 52.5 Å². The molecule has 0 aliphatic carbocycles. The number of hydrogen-bond donors (Lipinski definition) is 1. The van der Waals surface area contributed by atoms with Crippen molar-refractivity contribution in [3.05, 3.63) is 46.5 Å². The summed E-state index contributed by atoms with van der Waals surface area (Å²) in [6.45, 7) is 11.0. The maximum atomic E-state index is 5.46. The molecule has 1 heterocycles. The van der Waals surface area contributed by atoms with Crippen LogP contribution in [0, 0.1) is 10.7 Å². The van der Waals surface area contributed by atoms with Gasteiger partial charge < -0.3 is 0 Å². The minimum absolute atomic E-state index is 0.0834. The van der Waals surface area contributed by atoms with E-state index in [0.29, 0.717) is 10.7 Å². The van der Waals surface area contributed by atoms with Crippen molar-refractivity contribution in [2.75, 3.05) is 0 Å². The second-order valence-corrected chi connectivity index (χ2v) is 7.05. The Morgan fingerprint density at radius 3 is 2.38 bits per heavy atom. The zero-order valence-electron chi connectivity index (χ0n) is 13.6. The molecule has 0 saturated heterocycles. The molecule has 0 spiro atoms. The Kier molecular flexibility index (Phi) is 4.67. The third kappa shape index (κ3) is 3.26. The van der Waals surface area contributed by atoms with E-state index in [1.165, 1.54) is 5.56 Å². The van der Waals surface area contributed by atoms with Gasteiger partial charge in [0.15, 0.2) is 4.77 Å². The van der Waals surface area contributed by atoms with Gasteiger partial charge in [-0.25, -0.2) is 0 Å². The lowest BCUT2D eigenvalue weighted by atomic mass is 9.84. The van der Waals surface area contributed by atoms with E-state index >= 15 is 0 Å². The van der Waals surface area contributed by atoms with E-state index in [1.54, 1.807) is 0 Å². The zero-order valence-corrected chi connectivity index (χ0v) is 14.4. The minimum Gasteiger partial charge on any atom is -0.298 e. The van der Waals surface area contributed by atoms with Crippen LogP contribution in [0.5, 0.6) is 0 Å². The molecule has 1 aromatic carbocycles. The van der Waals surface area contributed by atoms with Crippen molar-refractivity contribution in [3.63, 3.8) is 0 Å². The summed E-state index contributed by atoms with van der Waals surface area (Å²) in [6.07, 6.45) is 1.10. The van der Waals surface area contributed by atoms with Gasteiger partial charge in [0.2, 0.25) is 0 Å². The molecule has 4 heteroatoms. The quantitative estimate of drug-likeness (QED) is 0.817. The third-order valence-corrected chi connectivity index (χ3v) is 4.29. The molecule has 0 saturated carbocycles. The normalized spacial score (nSPS) is 14.9. The summed E-state index contributed by atoms with van der Waals surface area (Å²) in [5.74, 6) is 1.79. The largest absolute Gasteiger partial charge is 0.298 e. The summed E-state index contributed by atoms with van der Waals surface area (Å²) in [5, 5.41) is 7.56. The van der Waals surface area contributed by atoms with Gasteiger partial charge in [-0.1, -0.05) is 50.6 Å². The molecule has 0 amide bonds. The van der Waals surface area contributed by atoms with Crippen LogP contribution < -0.4 is 0 Å².